The highest BCUT2D eigenvalue weighted by Crippen LogP contribution is 2.27. The van der Waals surface area contributed by atoms with Gasteiger partial charge in [-0.15, -0.1) is 0 Å². The molecule has 0 amide bonds. The highest BCUT2D eigenvalue weighted by atomic mass is 16.5. The Hall–Kier alpha value is -1.36. The topological polar surface area (TPSA) is 53.4 Å². The molecule has 0 aliphatic carbocycles. The molecule has 0 bridgehead atoms. The number of methoxy groups -OCH3 is 1. The molecule has 1 aromatic rings. The van der Waals surface area contributed by atoms with Crippen molar-refractivity contribution in [2.75, 3.05) is 13.7 Å². The van der Waals surface area contributed by atoms with Crippen LogP contribution in [0, 0.1) is 5.92 Å². The predicted octanol–water partition coefficient (Wildman–Crippen LogP) is 1.04. The van der Waals surface area contributed by atoms with Crippen LogP contribution in [0.25, 0.3) is 0 Å². The standard InChI is InChI=1S/C11H16N2O3/c1-7-4-5-16-11(7)10(14)9-8(15-3)6-12-13(9)2/h6-7,11H,4-5H2,1-3H3. The molecule has 0 N–H and O–H groups in total. The minimum atomic E-state index is -0.357. The monoisotopic (exact) mass is 224 g/mol. The molecule has 1 aliphatic rings. The van der Waals surface area contributed by atoms with E-state index in [1.807, 2.05) is 6.92 Å². The number of carbonyl (C=O) groups is 1. The summed E-state index contributed by atoms with van der Waals surface area (Å²) in [7, 11) is 3.27. The summed E-state index contributed by atoms with van der Waals surface area (Å²) in [4.78, 5) is 12.3. The van der Waals surface area contributed by atoms with Gasteiger partial charge in [-0.3, -0.25) is 9.48 Å². The summed E-state index contributed by atoms with van der Waals surface area (Å²) < 4.78 is 12.1. The van der Waals surface area contributed by atoms with E-state index in [1.54, 1.807) is 13.2 Å². The smallest absolute Gasteiger partial charge is 0.213 e. The number of hydrogen-bond donors (Lipinski definition) is 0. The van der Waals surface area contributed by atoms with Crippen molar-refractivity contribution < 1.29 is 14.3 Å². The second-order valence-electron chi connectivity index (χ2n) is 4.11. The van der Waals surface area contributed by atoms with Gasteiger partial charge < -0.3 is 9.47 Å². The van der Waals surface area contributed by atoms with Crippen LogP contribution in [0.2, 0.25) is 0 Å². The number of aryl methyl sites for hydroxylation is 1. The van der Waals surface area contributed by atoms with Crippen LogP contribution in [0.1, 0.15) is 23.8 Å². The Labute approximate surface area is 94.3 Å². The lowest BCUT2D eigenvalue weighted by Gasteiger charge is -2.13. The number of aromatic nitrogens is 2. The van der Waals surface area contributed by atoms with Gasteiger partial charge in [-0.1, -0.05) is 6.92 Å². The molecule has 88 valence electrons. The number of hydrogen-bond acceptors (Lipinski definition) is 4. The first-order chi connectivity index (χ1) is 7.65. The molecule has 2 unspecified atom stereocenters. The molecule has 1 aliphatic heterocycles. The molecule has 0 radical (unpaired) electrons. The fourth-order valence-corrected chi connectivity index (χ4v) is 2.01. The molecule has 2 rings (SSSR count). The average Bonchev–Trinajstić information content (AvgIpc) is 2.83. The molecular weight excluding hydrogens is 208 g/mol. The zero-order valence-corrected chi connectivity index (χ0v) is 9.77. The van der Waals surface area contributed by atoms with E-state index in [9.17, 15) is 4.79 Å². The Morgan fingerprint density at radius 3 is 3.00 bits per heavy atom. The maximum absolute atomic E-state index is 12.3. The lowest BCUT2D eigenvalue weighted by atomic mass is 9.99. The van der Waals surface area contributed by atoms with Crippen LogP contribution in [-0.4, -0.2) is 35.4 Å². The number of rotatable bonds is 3. The van der Waals surface area contributed by atoms with Gasteiger partial charge in [0, 0.05) is 13.7 Å². The van der Waals surface area contributed by atoms with Crippen molar-refractivity contribution in [2.45, 2.75) is 19.4 Å². The molecule has 1 aromatic heterocycles. The second-order valence-corrected chi connectivity index (χ2v) is 4.11. The van der Waals surface area contributed by atoms with Crippen molar-refractivity contribution in [1.82, 2.24) is 9.78 Å². The summed E-state index contributed by atoms with van der Waals surface area (Å²) in [5.41, 5.74) is 0.487. The van der Waals surface area contributed by atoms with Crippen molar-refractivity contribution in [2.24, 2.45) is 13.0 Å². The minimum absolute atomic E-state index is 0.0400. The number of ketones is 1. The molecule has 1 saturated heterocycles. The van der Waals surface area contributed by atoms with Gasteiger partial charge in [0.2, 0.25) is 5.78 Å². The summed E-state index contributed by atoms with van der Waals surface area (Å²) in [5.74, 6) is 0.726. The van der Waals surface area contributed by atoms with Crippen LogP contribution < -0.4 is 4.74 Å². The Morgan fingerprint density at radius 1 is 1.69 bits per heavy atom. The highest BCUT2D eigenvalue weighted by Gasteiger charge is 2.34. The van der Waals surface area contributed by atoms with Crippen molar-refractivity contribution in [1.29, 1.82) is 0 Å². The van der Waals surface area contributed by atoms with Crippen molar-refractivity contribution in [3.8, 4) is 5.75 Å². The Bertz CT molecular complexity index is 400. The maximum atomic E-state index is 12.3. The fourth-order valence-electron chi connectivity index (χ4n) is 2.01. The first-order valence-electron chi connectivity index (χ1n) is 5.37. The van der Waals surface area contributed by atoms with Gasteiger partial charge in [-0.2, -0.15) is 5.10 Å². The van der Waals surface area contributed by atoms with Crippen molar-refractivity contribution >= 4 is 5.78 Å². The summed E-state index contributed by atoms with van der Waals surface area (Å²) in [6, 6.07) is 0. The summed E-state index contributed by atoms with van der Waals surface area (Å²) in [5, 5.41) is 4.02. The zero-order chi connectivity index (χ0) is 11.7. The zero-order valence-electron chi connectivity index (χ0n) is 9.77. The third kappa shape index (κ3) is 1.71. The summed E-state index contributed by atoms with van der Waals surface area (Å²) in [6.07, 6.45) is 2.12. The lowest BCUT2D eigenvalue weighted by molar-refractivity contribution is 0.0567. The van der Waals surface area contributed by atoms with Gasteiger partial charge in [0.05, 0.1) is 13.3 Å². The average molecular weight is 224 g/mol. The Balaban J connectivity index is 2.29. The van der Waals surface area contributed by atoms with Crippen LogP contribution >= 0.6 is 0 Å². The van der Waals surface area contributed by atoms with E-state index in [0.29, 0.717) is 18.1 Å². The Morgan fingerprint density at radius 2 is 2.44 bits per heavy atom. The van der Waals surface area contributed by atoms with E-state index in [0.717, 1.165) is 6.42 Å². The van der Waals surface area contributed by atoms with Crippen LogP contribution in [-0.2, 0) is 11.8 Å². The first kappa shape index (κ1) is 11.1. The molecule has 16 heavy (non-hydrogen) atoms. The molecule has 5 heteroatoms. The maximum Gasteiger partial charge on any atom is 0.213 e. The molecule has 0 spiro atoms. The van der Waals surface area contributed by atoms with Crippen LogP contribution in [0.15, 0.2) is 6.20 Å². The Kier molecular flexibility index (Phi) is 2.96. The molecule has 2 heterocycles. The van der Waals surface area contributed by atoms with Gasteiger partial charge in [-0.05, 0) is 12.3 Å². The highest BCUT2D eigenvalue weighted by molar-refractivity contribution is 6.00. The molecular formula is C11H16N2O3. The number of Topliss-reactive ketones (excluding diaryl/α,β-unsaturated/α-hetero) is 1. The van der Waals surface area contributed by atoms with E-state index < -0.39 is 0 Å². The van der Waals surface area contributed by atoms with Crippen molar-refractivity contribution in [3.63, 3.8) is 0 Å². The molecule has 1 fully saturated rings. The molecule has 2 atom stereocenters. The molecule has 0 aromatic carbocycles. The van der Waals surface area contributed by atoms with E-state index in [1.165, 1.54) is 11.8 Å². The van der Waals surface area contributed by atoms with E-state index in [2.05, 4.69) is 5.10 Å². The number of nitrogens with zero attached hydrogens (tertiary/aromatic N) is 2. The van der Waals surface area contributed by atoms with Gasteiger partial charge >= 0.3 is 0 Å². The fraction of sp³-hybridized carbons (Fsp3) is 0.636. The van der Waals surface area contributed by atoms with Gasteiger partial charge in [0.1, 0.15) is 11.8 Å². The second kappa shape index (κ2) is 4.25. The van der Waals surface area contributed by atoms with Crippen LogP contribution in [0.5, 0.6) is 5.75 Å². The van der Waals surface area contributed by atoms with E-state index in [4.69, 9.17) is 9.47 Å². The molecule has 0 saturated carbocycles. The van der Waals surface area contributed by atoms with Crippen molar-refractivity contribution in [3.05, 3.63) is 11.9 Å². The van der Waals surface area contributed by atoms with Gasteiger partial charge in [0.15, 0.2) is 5.75 Å². The third-order valence-electron chi connectivity index (χ3n) is 3.00. The summed E-state index contributed by atoms with van der Waals surface area (Å²) >= 11 is 0. The normalized spacial score (nSPS) is 24.7. The minimum Gasteiger partial charge on any atom is -0.493 e. The first-order valence-corrected chi connectivity index (χ1v) is 5.37. The number of carbonyl (C=O) groups excluding carboxylic acids is 1. The van der Waals surface area contributed by atoms with Gasteiger partial charge in [0.25, 0.3) is 0 Å². The van der Waals surface area contributed by atoms with E-state index >= 15 is 0 Å². The van der Waals surface area contributed by atoms with Crippen LogP contribution in [0.4, 0.5) is 0 Å². The number of ether oxygens (including phenoxy) is 2. The van der Waals surface area contributed by atoms with Gasteiger partial charge in [-0.25, -0.2) is 0 Å². The molecule has 5 nitrogen and oxygen atoms in total. The SMILES string of the molecule is COc1cnn(C)c1C(=O)C1OCCC1C. The van der Waals surface area contributed by atoms with Crippen LogP contribution in [0.3, 0.4) is 0 Å². The third-order valence-corrected chi connectivity index (χ3v) is 3.00. The lowest BCUT2D eigenvalue weighted by Crippen LogP contribution is -2.27. The van der Waals surface area contributed by atoms with E-state index in [-0.39, 0.29) is 17.8 Å². The largest absolute Gasteiger partial charge is 0.493 e. The summed E-state index contributed by atoms with van der Waals surface area (Å²) in [6.45, 7) is 2.68. The predicted molar refractivity (Wildman–Crippen MR) is 57.6 cm³/mol. The quantitative estimate of drug-likeness (QED) is 0.720.